The number of hydrogen-bond donors (Lipinski definition) is 2. The molecule has 0 radical (unpaired) electrons. The highest BCUT2D eigenvalue weighted by Gasteiger charge is 2.22. The highest BCUT2D eigenvalue weighted by atomic mass is 19.1. The van der Waals surface area contributed by atoms with Gasteiger partial charge in [-0.25, -0.2) is 18.7 Å². The minimum absolute atomic E-state index is 0.178. The molecule has 4 rings (SSSR count). The average molecular weight is 407 g/mol. The van der Waals surface area contributed by atoms with Gasteiger partial charge in [0.2, 0.25) is 0 Å². The number of hydrogen-bond acceptors (Lipinski definition) is 5. The second kappa shape index (κ2) is 7.28. The Labute approximate surface area is 168 Å². The van der Waals surface area contributed by atoms with Gasteiger partial charge in [0, 0.05) is 5.39 Å². The monoisotopic (exact) mass is 407 g/mol. The molecule has 4 aromatic rings. The van der Waals surface area contributed by atoms with Crippen LogP contribution < -0.4 is 10.9 Å². The maximum Gasteiger partial charge on any atom is 0.349 e. The first-order valence-corrected chi connectivity index (χ1v) is 8.76. The van der Waals surface area contributed by atoms with Crippen molar-refractivity contribution in [1.29, 1.82) is 0 Å². The lowest BCUT2D eigenvalue weighted by Crippen LogP contribution is -2.23. The van der Waals surface area contributed by atoms with Crippen LogP contribution in [-0.2, 0) is 0 Å². The highest BCUT2D eigenvalue weighted by Crippen LogP contribution is 2.22. The lowest BCUT2D eigenvalue weighted by Gasteiger charge is -2.10. The lowest BCUT2D eigenvalue weighted by atomic mass is 10.1. The van der Waals surface area contributed by atoms with E-state index in [1.807, 2.05) is 6.92 Å². The smallest absolute Gasteiger partial charge is 0.349 e. The summed E-state index contributed by atoms with van der Waals surface area (Å²) in [6.45, 7) is 1.85. The van der Waals surface area contributed by atoms with Crippen LogP contribution in [0.3, 0.4) is 0 Å². The zero-order valence-corrected chi connectivity index (χ0v) is 15.5. The number of amides is 1. The zero-order chi connectivity index (χ0) is 21.4. The Hall–Kier alpha value is -4.27. The van der Waals surface area contributed by atoms with Crippen LogP contribution >= 0.6 is 0 Å². The molecule has 0 saturated carbocycles. The zero-order valence-electron chi connectivity index (χ0n) is 15.5. The van der Waals surface area contributed by atoms with Crippen LogP contribution in [0.2, 0.25) is 0 Å². The Morgan fingerprint density at radius 1 is 1.10 bits per heavy atom. The number of rotatable bonds is 4. The molecule has 9 heteroatoms. The van der Waals surface area contributed by atoms with E-state index in [1.54, 1.807) is 18.2 Å². The third kappa shape index (κ3) is 3.44. The molecule has 0 unspecified atom stereocenters. The van der Waals surface area contributed by atoms with Gasteiger partial charge in [-0.05, 0) is 49.4 Å². The molecular formula is C21H14FN3O5. The Kier molecular flexibility index (Phi) is 4.63. The summed E-state index contributed by atoms with van der Waals surface area (Å²) in [4.78, 5) is 36.7. The summed E-state index contributed by atoms with van der Waals surface area (Å²) in [5, 5.41) is 16.4. The third-order valence-corrected chi connectivity index (χ3v) is 4.44. The van der Waals surface area contributed by atoms with E-state index in [0.29, 0.717) is 16.7 Å². The molecule has 2 aromatic carbocycles. The van der Waals surface area contributed by atoms with Gasteiger partial charge in [0.25, 0.3) is 5.91 Å². The molecule has 0 spiro atoms. The number of anilines is 1. The largest absolute Gasteiger partial charge is 0.477 e. The number of carbonyl (C=O) groups excluding carboxylic acids is 1. The predicted octanol–water partition coefficient (Wildman–Crippen LogP) is 3.38. The first-order valence-electron chi connectivity index (χ1n) is 8.76. The molecule has 2 heterocycles. The fourth-order valence-electron chi connectivity index (χ4n) is 2.98. The van der Waals surface area contributed by atoms with Crippen molar-refractivity contribution in [3.8, 4) is 5.69 Å². The molecule has 8 nitrogen and oxygen atoms in total. The number of carboxylic acids is 1. The number of aryl methyl sites for hydroxylation is 1. The fourth-order valence-corrected chi connectivity index (χ4v) is 2.98. The predicted molar refractivity (Wildman–Crippen MR) is 106 cm³/mol. The van der Waals surface area contributed by atoms with Crippen LogP contribution in [0.4, 0.5) is 10.2 Å². The Morgan fingerprint density at radius 3 is 2.53 bits per heavy atom. The maximum atomic E-state index is 13.2. The van der Waals surface area contributed by atoms with E-state index in [2.05, 4.69) is 10.4 Å². The van der Waals surface area contributed by atoms with Gasteiger partial charge in [0.1, 0.15) is 22.5 Å². The van der Waals surface area contributed by atoms with Crippen LogP contribution in [-0.4, -0.2) is 26.8 Å². The normalized spacial score (nSPS) is 10.9. The van der Waals surface area contributed by atoms with Gasteiger partial charge in [-0.3, -0.25) is 4.79 Å². The minimum Gasteiger partial charge on any atom is -0.477 e. The van der Waals surface area contributed by atoms with Gasteiger partial charge >= 0.3 is 11.6 Å². The average Bonchev–Trinajstić information content (AvgIpc) is 3.12. The topological polar surface area (TPSA) is 114 Å². The second-order valence-electron chi connectivity index (χ2n) is 6.54. The third-order valence-electron chi connectivity index (χ3n) is 4.44. The molecule has 30 heavy (non-hydrogen) atoms. The number of nitrogens with zero attached hydrogens (tertiary/aromatic N) is 2. The summed E-state index contributed by atoms with van der Waals surface area (Å²) in [5.74, 6) is -2.86. The van der Waals surface area contributed by atoms with Crippen molar-refractivity contribution >= 4 is 28.7 Å². The molecule has 0 aliphatic heterocycles. The first-order chi connectivity index (χ1) is 14.3. The molecule has 2 aromatic heterocycles. The number of nitrogens with one attached hydrogen (secondary N) is 1. The summed E-state index contributed by atoms with van der Waals surface area (Å²) in [6.07, 6.45) is 1.05. The molecule has 0 aliphatic carbocycles. The van der Waals surface area contributed by atoms with Gasteiger partial charge < -0.3 is 14.8 Å². The quantitative estimate of drug-likeness (QED) is 0.501. The minimum atomic E-state index is -1.33. The van der Waals surface area contributed by atoms with E-state index in [-0.39, 0.29) is 16.9 Å². The van der Waals surface area contributed by atoms with Crippen molar-refractivity contribution in [3.63, 3.8) is 0 Å². The fraction of sp³-hybridized carbons (Fsp3) is 0.0476. The van der Waals surface area contributed by atoms with E-state index < -0.39 is 23.3 Å². The number of aromatic nitrogens is 2. The number of fused-ring (bicyclic) bond motifs is 1. The van der Waals surface area contributed by atoms with Gasteiger partial charge in [-0.1, -0.05) is 11.6 Å². The van der Waals surface area contributed by atoms with E-state index in [4.69, 9.17) is 4.42 Å². The van der Waals surface area contributed by atoms with Gasteiger partial charge in [0.15, 0.2) is 5.82 Å². The highest BCUT2D eigenvalue weighted by molar-refractivity contribution is 6.08. The summed E-state index contributed by atoms with van der Waals surface area (Å²) in [7, 11) is 0. The lowest BCUT2D eigenvalue weighted by molar-refractivity contribution is 0.0698. The molecule has 0 bridgehead atoms. The Bertz CT molecular complexity index is 1360. The molecule has 1 amide bonds. The first kappa shape index (κ1) is 19.1. The van der Waals surface area contributed by atoms with E-state index >= 15 is 0 Å². The SMILES string of the molecule is Cc1ccc2oc(=O)c(C(=O)Nc3c(C(=O)O)cnn3-c3ccc(F)cc3)cc2c1. The molecule has 0 fully saturated rings. The molecule has 2 N–H and O–H groups in total. The van der Waals surface area contributed by atoms with E-state index in [0.717, 1.165) is 16.4 Å². The molecule has 0 saturated heterocycles. The molecule has 150 valence electrons. The van der Waals surface area contributed by atoms with Gasteiger partial charge in [0.05, 0.1) is 11.9 Å². The van der Waals surface area contributed by atoms with Crippen LogP contribution in [0.25, 0.3) is 16.7 Å². The van der Waals surface area contributed by atoms with Gasteiger partial charge in [-0.15, -0.1) is 0 Å². The van der Waals surface area contributed by atoms with Crippen molar-refractivity contribution in [2.45, 2.75) is 6.92 Å². The standard InChI is InChI=1S/C21H14FN3O5/c1-11-2-7-17-12(8-11)9-15(21(29)30-17)19(26)24-18-16(20(27)28)10-23-25(18)14-5-3-13(22)4-6-14/h2-10H,1H3,(H,24,26)(H,27,28). The maximum absolute atomic E-state index is 13.2. The number of benzene rings is 2. The van der Waals surface area contributed by atoms with Crippen LogP contribution in [0.1, 0.15) is 26.3 Å². The van der Waals surface area contributed by atoms with Crippen molar-refractivity contribution in [3.05, 3.63) is 87.7 Å². The number of carbonyl (C=O) groups is 2. The number of aromatic carboxylic acids is 1. The molecular weight excluding hydrogens is 393 g/mol. The van der Waals surface area contributed by atoms with Crippen LogP contribution in [0.5, 0.6) is 0 Å². The van der Waals surface area contributed by atoms with Crippen molar-refractivity contribution in [1.82, 2.24) is 9.78 Å². The van der Waals surface area contributed by atoms with Crippen LogP contribution in [0, 0.1) is 12.7 Å². The number of carboxylic acid groups (broad SMARTS) is 1. The Morgan fingerprint density at radius 2 is 1.83 bits per heavy atom. The van der Waals surface area contributed by atoms with Crippen LogP contribution in [0.15, 0.2) is 63.9 Å². The summed E-state index contributed by atoms with van der Waals surface area (Å²) in [6, 6.07) is 11.6. The Balaban J connectivity index is 1.78. The summed E-state index contributed by atoms with van der Waals surface area (Å²) < 4.78 is 19.6. The van der Waals surface area contributed by atoms with E-state index in [9.17, 15) is 23.9 Å². The van der Waals surface area contributed by atoms with Crippen molar-refractivity contribution in [2.75, 3.05) is 5.32 Å². The van der Waals surface area contributed by atoms with Gasteiger partial charge in [-0.2, -0.15) is 5.10 Å². The van der Waals surface area contributed by atoms with Crippen molar-refractivity contribution < 1.29 is 23.5 Å². The summed E-state index contributed by atoms with van der Waals surface area (Å²) in [5.41, 5.74) is 0.0916. The van der Waals surface area contributed by atoms with Crippen molar-refractivity contribution in [2.24, 2.45) is 0 Å². The van der Waals surface area contributed by atoms with E-state index in [1.165, 1.54) is 30.3 Å². The second-order valence-corrected chi connectivity index (χ2v) is 6.54. The molecule has 0 atom stereocenters. The summed E-state index contributed by atoms with van der Waals surface area (Å²) >= 11 is 0. The molecule has 0 aliphatic rings. The number of halogens is 1.